The molecular weight excluding hydrogens is 132 g/mol. The average molecular weight is 146 g/mol. The van der Waals surface area contributed by atoms with E-state index >= 15 is 0 Å². The Balaban J connectivity index is 3.28. The summed E-state index contributed by atoms with van der Waals surface area (Å²) in [6.45, 7) is 2.12. The van der Waals surface area contributed by atoms with Gasteiger partial charge >= 0.3 is 0 Å². The summed E-state index contributed by atoms with van der Waals surface area (Å²) >= 11 is 1.59. The van der Waals surface area contributed by atoms with Gasteiger partial charge in [0.1, 0.15) is 0 Å². The smallest absolute Gasteiger partial charge is 0.155 e. The second-order valence-electron chi connectivity index (χ2n) is 2.05. The Morgan fingerprint density at radius 2 is 2.11 bits per heavy atom. The van der Waals surface area contributed by atoms with E-state index in [0.717, 1.165) is 12.2 Å². The number of hydrogen-bond acceptors (Lipinski definition) is 2. The summed E-state index contributed by atoms with van der Waals surface area (Å²) in [7, 11) is 3.79. The van der Waals surface area contributed by atoms with Gasteiger partial charge in [0.15, 0.2) is 5.17 Å². The molecule has 1 N–H and O–H groups in total. The lowest BCUT2D eigenvalue weighted by Crippen LogP contribution is -2.17. The molecule has 0 heterocycles. The summed E-state index contributed by atoms with van der Waals surface area (Å²) in [5.41, 5.74) is 0. The zero-order valence-corrected chi connectivity index (χ0v) is 7.09. The fraction of sp³-hybridized carbons (Fsp3) is 0.833. The van der Waals surface area contributed by atoms with Gasteiger partial charge in [-0.25, -0.2) is 0 Å². The van der Waals surface area contributed by atoms with Crippen LogP contribution in [0.5, 0.6) is 0 Å². The molecule has 0 aliphatic rings. The van der Waals surface area contributed by atoms with Gasteiger partial charge in [0, 0.05) is 19.8 Å². The Labute approximate surface area is 61.1 Å². The summed E-state index contributed by atoms with van der Waals surface area (Å²) in [4.78, 5) is 1.82. The van der Waals surface area contributed by atoms with Crippen LogP contribution in [0.15, 0.2) is 0 Å². The van der Waals surface area contributed by atoms with Gasteiger partial charge in [-0.15, -0.1) is 0 Å². The Morgan fingerprint density at radius 3 is 2.44 bits per heavy atom. The second-order valence-corrected chi connectivity index (χ2v) is 3.13. The van der Waals surface area contributed by atoms with Crippen molar-refractivity contribution in [3.05, 3.63) is 0 Å². The molecule has 3 heteroatoms. The third-order valence-electron chi connectivity index (χ3n) is 0.849. The van der Waals surface area contributed by atoms with E-state index in [2.05, 4.69) is 6.92 Å². The lowest BCUT2D eigenvalue weighted by molar-refractivity contribution is 0.632. The molecule has 0 unspecified atom stereocenters. The zero-order valence-electron chi connectivity index (χ0n) is 6.27. The molecule has 0 radical (unpaired) electrons. The molecule has 0 aromatic heterocycles. The maximum atomic E-state index is 7.34. The van der Waals surface area contributed by atoms with Crippen LogP contribution in [0, 0.1) is 5.41 Å². The Morgan fingerprint density at radius 1 is 1.56 bits per heavy atom. The van der Waals surface area contributed by atoms with Crippen LogP contribution >= 0.6 is 11.8 Å². The minimum atomic E-state index is 0.650. The average Bonchev–Trinajstić information content (AvgIpc) is 1.82. The number of nitrogens with one attached hydrogen (secondary N) is 1. The van der Waals surface area contributed by atoms with E-state index in [9.17, 15) is 0 Å². The summed E-state index contributed by atoms with van der Waals surface area (Å²) < 4.78 is 0. The second kappa shape index (κ2) is 4.68. The third kappa shape index (κ3) is 4.33. The zero-order chi connectivity index (χ0) is 7.28. The van der Waals surface area contributed by atoms with Crippen molar-refractivity contribution in [3.63, 3.8) is 0 Å². The van der Waals surface area contributed by atoms with Crippen LogP contribution in [0.1, 0.15) is 13.3 Å². The van der Waals surface area contributed by atoms with Gasteiger partial charge in [0.25, 0.3) is 0 Å². The SMILES string of the molecule is CCCSC(=N)N(C)C. The van der Waals surface area contributed by atoms with E-state index < -0.39 is 0 Å². The number of thioether (sulfide) groups is 1. The van der Waals surface area contributed by atoms with Gasteiger partial charge in [-0.05, 0) is 6.42 Å². The highest BCUT2D eigenvalue weighted by molar-refractivity contribution is 8.13. The maximum absolute atomic E-state index is 7.34. The topological polar surface area (TPSA) is 27.1 Å². The van der Waals surface area contributed by atoms with Crippen LogP contribution in [-0.4, -0.2) is 29.9 Å². The quantitative estimate of drug-likeness (QED) is 0.473. The molecule has 0 fully saturated rings. The number of rotatable bonds is 2. The van der Waals surface area contributed by atoms with Crippen LogP contribution in [-0.2, 0) is 0 Å². The summed E-state index contributed by atoms with van der Waals surface area (Å²) in [6, 6.07) is 0. The Bertz CT molecular complexity index is 91.1. The molecule has 0 atom stereocenters. The highest BCUT2D eigenvalue weighted by Gasteiger charge is 1.96. The summed E-state index contributed by atoms with van der Waals surface area (Å²) in [5, 5.41) is 7.99. The fourth-order valence-corrected chi connectivity index (χ4v) is 0.984. The molecule has 9 heavy (non-hydrogen) atoms. The van der Waals surface area contributed by atoms with E-state index in [1.807, 2.05) is 19.0 Å². The molecule has 0 spiro atoms. The Kier molecular flexibility index (Phi) is 4.58. The number of nitrogens with zero attached hydrogens (tertiary/aromatic N) is 1. The van der Waals surface area contributed by atoms with Crippen LogP contribution < -0.4 is 0 Å². The number of hydrogen-bond donors (Lipinski definition) is 1. The van der Waals surface area contributed by atoms with Crippen LogP contribution in [0.25, 0.3) is 0 Å². The van der Waals surface area contributed by atoms with Crippen molar-refractivity contribution in [1.29, 1.82) is 5.41 Å². The summed E-state index contributed by atoms with van der Waals surface area (Å²) in [5.74, 6) is 1.05. The summed E-state index contributed by atoms with van der Waals surface area (Å²) in [6.07, 6.45) is 1.14. The van der Waals surface area contributed by atoms with E-state index in [4.69, 9.17) is 5.41 Å². The van der Waals surface area contributed by atoms with Crippen molar-refractivity contribution in [1.82, 2.24) is 4.90 Å². The monoisotopic (exact) mass is 146 g/mol. The molecule has 54 valence electrons. The normalized spacial score (nSPS) is 9.22. The van der Waals surface area contributed by atoms with Crippen LogP contribution in [0.2, 0.25) is 0 Å². The molecule has 2 nitrogen and oxygen atoms in total. The van der Waals surface area contributed by atoms with Crippen LogP contribution in [0.3, 0.4) is 0 Å². The molecule has 0 aliphatic carbocycles. The van der Waals surface area contributed by atoms with Gasteiger partial charge in [-0.1, -0.05) is 18.7 Å². The van der Waals surface area contributed by atoms with Crippen molar-refractivity contribution in [2.45, 2.75) is 13.3 Å². The lowest BCUT2D eigenvalue weighted by atomic mass is 10.6. The molecule has 0 saturated heterocycles. The van der Waals surface area contributed by atoms with Gasteiger partial charge in [-0.3, -0.25) is 5.41 Å². The van der Waals surface area contributed by atoms with E-state index in [-0.39, 0.29) is 0 Å². The first-order valence-electron chi connectivity index (χ1n) is 3.07. The van der Waals surface area contributed by atoms with Crippen molar-refractivity contribution >= 4 is 16.9 Å². The fourth-order valence-electron chi connectivity index (χ4n) is 0.328. The minimum absolute atomic E-state index is 0.650. The first kappa shape index (κ1) is 8.82. The molecule has 0 rings (SSSR count). The van der Waals surface area contributed by atoms with E-state index in [0.29, 0.717) is 5.17 Å². The largest absolute Gasteiger partial charge is 0.358 e. The highest BCUT2D eigenvalue weighted by Crippen LogP contribution is 2.04. The Hall–Kier alpha value is -0.180. The first-order chi connectivity index (χ1) is 4.18. The number of amidine groups is 1. The van der Waals surface area contributed by atoms with Crippen molar-refractivity contribution in [3.8, 4) is 0 Å². The van der Waals surface area contributed by atoms with Gasteiger partial charge < -0.3 is 4.90 Å². The van der Waals surface area contributed by atoms with Gasteiger partial charge in [-0.2, -0.15) is 0 Å². The molecule has 0 aliphatic heterocycles. The maximum Gasteiger partial charge on any atom is 0.155 e. The minimum Gasteiger partial charge on any atom is -0.358 e. The third-order valence-corrected chi connectivity index (χ3v) is 2.10. The predicted molar refractivity (Wildman–Crippen MR) is 44.2 cm³/mol. The molecule has 0 saturated carbocycles. The lowest BCUT2D eigenvalue weighted by Gasteiger charge is -2.11. The van der Waals surface area contributed by atoms with Gasteiger partial charge in [0.05, 0.1) is 0 Å². The van der Waals surface area contributed by atoms with E-state index in [1.165, 1.54) is 0 Å². The molecule has 0 amide bonds. The standard InChI is InChI=1S/C6H14N2S/c1-4-5-9-6(7)8(2)3/h7H,4-5H2,1-3H3. The molecule has 0 bridgehead atoms. The predicted octanol–water partition coefficient (Wildman–Crippen LogP) is 1.63. The molecule has 0 aromatic carbocycles. The molecule has 0 aromatic rings. The van der Waals surface area contributed by atoms with Crippen molar-refractivity contribution < 1.29 is 0 Å². The first-order valence-corrected chi connectivity index (χ1v) is 4.05. The highest BCUT2D eigenvalue weighted by atomic mass is 32.2. The molecular formula is C6H14N2S. The van der Waals surface area contributed by atoms with Gasteiger partial charge in [0.2, 0.25) is 0 Å². The van der Waals surface area contributed by atoms with Crippen molar-refractivity contribution in [2.75, 3.05) is 19.8 Å². The van der Waals surface area contributed by atoms with Crippen molar-refractivity contribution in [2.24, 2.45) is 0 Å². The van der Waals surface area contributed by atoms with E-state index in [1.54, 1.807) is 11.8 Å². The van der Waals surface area contributed by atoms with Crippen LogP contribution in [0.4, 0.5) is 0 Å².